The van der Waals surface area contributed by atoms with Gasteiger partial charge in [-0.3, -0.25) is 9.36 Å². The van der Waals surface area contributed by atoms with Crippen molar-refractivity contribution in [3.05, 3.63) is 12.7 Å². The van der Waals surface area contributed by atoms with E-state index in [2.05, 4.69) is 15.0 Å². The summed E-state index contributed by atoms with van der Waals surface area (Å²) in [6, 6.07) is -0.907. The van der Waals surface area contributed by atoms with Crippen LogP contribution >= 0.6 is 0 Å². The van der Waals surface area contributed by atoms with Gasteiger partial charge in [-0.05, 0) is 10.9 Å². The second-order valence-corrected chi connectivity index (χ2v) is 8.82. The predicted molar refractivity (Wildman–Crippen MR) is 98.9 cm³/mol. The molecular formula is C15H23ClN6O5S. The lowest BCUT2D eigenvalue weighted by Gasteiger charge is -2.16. The van der Waals surface area contributed by atoms with Crippen molar-refractivity contribution >= 4 is 33.8 Å². The fraction of sp³-hybridized carbons (Fsp3) is 0.600. The van der Waals surface area contributed by atoms with Crippen LogP contribution in [0.4, 0.5) is 5.82 Å². The second-order valence-electron chi connectivity index (χ2n) is 6.51. The molecule has 0 radical (unpaired) electrons. The van der Waals surface area contributed by atoms with Gasteiger partial charge in [-0.1, -0.05) is 0 Å². The summed E-state index contributed by atoms with van der Waals surface area (Å²) in [5, 5.41) is 29.7. The third kappa shape index (κ3) is 4.47. The minimum absolute atomic E-state index is 0. The van der Waals surface area contributed by atoms with E-state index in [1.54, 1.807) is 0 Å². The maximum atomic E-state index is 10.8. The number of anilines is 1. The number of carbonyl (C=O) groups is 1. The highest BCUT2D eigenvalue weighted by Gasteiger charge is 2.46. The molecule has 1 unspecified atom stereocenters. The van der Waals surface area contributed by atoms with Crippen molar-refractivity contribution in [2.24, 2.45) is 5.73 Å². The Morgan fingerprint density at radius 3 is 2.75 bits per heavy atom. The predicted octanol–water partition coefficient (Wildman–Crippen LogP) is -4.92. The zero-order valence-electron chi connectivity index (χ0n) is 15.1. The zero-order chi connectivity index (χ0) is 19.7. The molecule has 0 saturated carbocycles. The highest BCUT2D eigenvalue weighted by molar-refractivity contribution is 7.96. The van der Waals surface area contributed by atoms with Gasteiger partial charge in [-0.15, -0.1) is 0 Å². The van der Waals surface area contributed by atoms with Crippen LogP contribution in [0.25, 0.3) is 11.2 Å². The summed E-state index contributed by atoms with van der Waals surface area (Å²) in [5.41, 5.74) is 12.1. The lowest BCUT2D eigenvalue weighted by molar-refractivity contribution is -0.138. The van der Waals surface area contributed by atoms with Crippen LogP contribution in [0.2, 0.25) is 0 Å². The van der Waals surface area contributed by atoms with Crippen LogP contribution in [0.15, 0.2) is 12.7 Å². The number of fused-ring (bicyclic) bond motifs is 1. The van der Waals surface area contributed by atoms with Gasteiger partial charge < -0.3 is 43.9 Å². The van der Waals surface area contributed by atoms with Gasteiger partial charge in [0, 0.05) is 6.42 Å². The van der Waals surface area contributed by atoms with Crippen LogP contribution in [-0.2, 0) is 20.4 Å². The third-order valence-electron chi connectivity index (χ3n) is 4.54. The van der Waals surface area contributed by atoms with Crippen LogP contribution in [0.3, 0.4) is 0 Å². The number of carboxylic acid groups (broad SMARTS) is 1. The van der Waals surface area contributed by atoms with Crippen molar-refractivity contribution in [1.29, 1.82) is 0 Å². The summed E-state index contributed by atoms with van der Waals surface area (Å²) >= 11 is 0. The number of ether oxygens (including phenoxy) is 1. The molecule has 156 valence electrons. The molecule has 2 aromatic rings. The third-order valence-corrected chi connectivity index (χ3v) is 6.37. The molecule has 1 fully saturated rings. The Balaban J connectivity index is 0.00000280. The van der Waals surface area contributed by atoms with E-state index < -0.39 is 36.6 Å². The molecule has 0 aliphatic carbocycles. The quantitative estimate of drug-likeness (QED) is 0.263. The van der Waals surface area contributed by atoms with Crippen molar-refractivity contribution < 1.29 is 37.3 Å². The molecule has 1 aliphatic heterocycles. The van der Waals surface area contributed by atoms with Crippen LogP contribution in [0, 0.1) is 0 Å². The Labute approximate surface area is 169 Å². The van der Waals surface area contributed by atoms with E-state index in [1.165, 1.54) is 17.2 Å². The zero-order valence-corrected chi connectivity index (χ0v) is 16.6. The number of aromatic nitrogens is 4. The van der Waals surface area contributed by atoms with Crippen LogP contribution in [0.1, 0.15) is 12.6 Å². The van der Waals surface area contributed by atoms with Crippen LogP contribution in [0.5, 0.6) is 0 Å². The molecule has 3 rings (SSSR count). The van der Waals surface area contributed by atoms with Crippen molar-refractivity contribution in [2.45, 2.75) is 37.0 Å². The van der Waals surface area contributed by atoms with E-state index in [-0.39, 0.29) is 29.1 Å². The molecule has 6 atom stereocenters. The lowest BCUT2D eigenvalue weighted by Crippen LogP contribution is -3.00. The monoisotopic (exact) mass is 436 g/mol. The number of nitrogens with zero attached hydrogens (tertiary/aromatic N) is 4. The largest absolute Gasteiger partial charge is 1.00 e. The molecule has 11 nitrogen and oxygen atoms in total. The van der Waals surface area contributed by atoms with Gasteiger partial charge in [-0.2, -0.15) is 0 Å². The topological polar surface area (TPSA) is 183 Å². The summed E-state index contributed by atoms with van der Waals surface area (Å²) in [5.74, 6) is 0.254. The first-order chi connectivity index (χ1) is 12.8. The summed E-state index contributed by atoms with van der Waals surface area (Å²) in [6.07, 6.45) is 1.31. The number of halogens is 1. The number of hydrogen-bond donors (Lipinski definition) is 5. The number of aliphatic carboxylic acids is 1. The molecule has 1 aliphatic rings. The minimum Gasteiger partial charge on any atom is -1.00 e. The fourth-order valence-corrected chi connectivity index (χ4v) is 4.63. The normalized spacial score (nSPS) is 26.7. The van der Waals surface area contributed by atoms with E-state index >= 15 is 0 Å². The summed E-state index contributed by atoms with van der Waals surface area (Å²) in [7, 11) is -0.235. The van der Waals surface area contributed by atoms with Gasteiger partial charge in [0.1, 0.15) is 47.7 Å². The number of aliphatic hydroxyl groups excluding tert-OH is 2. The SMILES string of the molecule is [14CH3][S+](CC[C@H](N)C(=O)O)C[C@H]1O[C@@H](n2cnc3c(N)ncnc32)[C@H](O)[C@@H]1O.[Cl-]. The number of aliphatic hydroxyl groups is 2. The maximum Gasteiger partial charge on any atom is 0.320 e. The Morgan fingerprint density at radius 1 is 1.36 bits per heavy atom. The summed E-state index contributed by atoms with van der Waals surface area (Å²) in [4.78, 5) is 23.0. The Bertz CT molecular complexity index is 825. The molecule has 13 heteroatoms. The molecule has 2 aromatic heterocycles. The van der Waals surface area contributed by atoms with Gasteiger partial charge in [0.25, 0.3) is 0 Å². The number of carboxylic acids is 1. The van der Waals surface area contributed by atoms with E-state index in [4.69, 9.17) is 21.3 Å². The number of rotatable bonds is 7. The molecule has 7 N–H and O–H groups in total. The molecule has 0 spiro atoms. The Morgan fingerprint density at radius 2 is 2.07 bits per heavy atom. The molecule has 0 aromatic carbocycles. The molecular weight excluding hydrogens is 414 g/mol. The highest BCUT2D eigenvalue weighted by Crippen LogP contribution is 2.32. The van der Waals surface area contributed by atoms with Gasteiger partial charge in [0.15, 0.2) is 17.7 Å². The molecule has 0 amide bonds. The van der Waals surface area contributed by atoms with Crippen molar-refractivity contribution in [3.8, 4) is 0 Å². The van der Waals surface area contributed by atoms with E-state index in [1.807, 2.05) is 6.26 Å². The Hall–Kier alpha value is -1.70. The molecule has 28 heavy (non-hydrogen) atoms. The van der Waals surface area contributed by atoms with Gasteiger partial charge >= 0.3 is 5.97 Å². The number of nitrogen functional groups attached to an aromatic ring is 1. The van der Waals surface area contributed by atoms with E-state index in [9.17, 15) is 15.0 Å². The van der Waals surface area contributed by atoms with Crippen molar-refractivity contribution in [3.63, 3.8) is 0 Å². The number of nitrogens with two attached hydrogens (primary N) is 2. The summed E-state index contributed by atoms with van der Waals surface area (Å²) < 4.78 is 7.41. The first kappa shape index (κ1) is 22.6. The molecule has 1 saturated heterocycles. The standard InChI is InChI=1S/C15H22N6O5S.ClH/c1-27(3-2-7(16)15(24)25)4-8-10(22)11(23)14(26-8)21-6-20-9-12(17)18-5-19-13(9)21;/h5-8,10-11,14,22-23H,2-4,16H2,1H3,(H2-,17,18,19,24,25);1H/t7-,8+,10+,11+,14+,27?;/m0./s1/i1+2;. The van der Waals surface area contributed by atoms with Crippen molar-refractivity contribution in [1.82, 2.24) is 19.5 Å². The Kier molecular flexibility index (Phi) is 7.42. The first-order valence-electron chi connectivity index (χ1n) is 8.31. The van der Waals surface area contributed by atoms with E-state index in [0.717, 1.165) is 0 Å². The molecule has 0 bridgehead atoms. The van der Waals surface area contributed by atoms with Crippen LogP contribution < -0.4 is 23.9 Å². The van der Waals surface area contributed by atoms with E-state index in [0.29, 0.717) is 29.1 Å². The highest BCUT2D eigenvalue weighted by atomic mass is 35.5. The average molecular weight is 437 g/mol. The lowest BCUT2D eigenvalue weighted by atomic mass is 10.1. The number of hydrogen-bond acceptors (Lipinski definition) is 9. The van der Waals surface area contributed by atoms with Crippen molar-refractivity contribution in [2.75, 3.05) is 23.5 Å². The minimum atomic E-state index is -1.16. The smallest absolute Gasteiger partial charge is 0.320 e. The van der Waals surface area contributed by atoms with Gasteiger partial charge in [0.2, 0.25) is 0 Å². The molecule has 3 heterocycles. The fourth-order valence-electron chi connectivity index (χ4n) is 2.97. The average Bonchev–Trinajstić information content (AvgIpc) is 3.17. The number of imidazole rings is 1. The van der Waals surface area contributed by atoms with Gasteiger partial charge in [-0.25, -0.2) is 15.0 Å². The van der Waals surface area contributed by atoms with Gasteiger partial charge in [0.05, 0.1) is 12.6 Å². The second kappa shape index (κ2) is 9.20. The first-order valence-corrected chi connectivity index (χ1v) is 10.3. The van der Waals surface area contributed by atoms with Crippen LogP contribution in [-0.4, -0.2) is 82.9 Å². The summed E-state index contributed by atoms with van der Waals surface area (Å²) in [6.45, 7) is 0. The maximum absolute atomic E-state index is 10.8.